The van der Waals surface area contributed by atoms with Gasteiger partial charge in [-0.1, -0.05) is 23.8 Å². The Morgan fingerprint density at radius 2 is 2.14 bits per heavy atom. The number of carbonyl (C=O) groups is 1. The van der Waals surface area contributed by atoms with E-state index in [1.54, 1.807) is 0 Å². The number of hydrogen-bond acceptors (Lipinski definition) is 1. The predicted octanol–water partition coefficient (Wildman–Crippen LogP) is 3.90. The van der Waals surface area contributed by atoms with Gasteiger partial charge in [0, 0.05) is 0 Å². The lowest BCUT2D eigenvalue weighted by molar-refractivity contribution is -0.0979. The van der Waals surface area contributed by atoms with Crippen molar-refractivity contribution >= 4 is 6.79 Å². The zero-order valence-electron chi connectivity index (χ0n) is 9.46. The van der Waals surface area contributed by atoms with Crippen LogP contribution in [0, 0.1) is 5.92 Å². The fraction of sp³-hybridized carbons (Fsp3) is 0.615. The molecule has 80 valence electrons. The monoisotopic (exact) mass is 194 g/mol. The second kappa shape index (κ2) is 8.74. The molecule has 0 bridgehead atoms. The van der Waals surface area contributed by atoms with Crippen LogP contribution in [0.2, 0.25) is 0 Å². The largest absolute Gasteiger partial charge is 0.307 e. The van der Waals surface area contributed by atoms with E-state index in [2.05, 4.69) is 32.1 Å². The highest BCUT2D eigenvalue weighted by atomic mass is 16.1. The summed E-state index contributed by atoms with van der Waals surface area (Å²) < 4.78 is 0. The third kappa shape index (κ3) is 6.64. The average Bonchev–Trinajstić information content (AvgIpc) is 2.22. The van der Waals surface area contributed by atoms with Gasteiger partial charge in [-0.2, -0.15) is 0 Å². The Morgan fingerprint density at radius 3 is 2.64 bits per heavy atom. The molecule has 14 heavy (non-hydrogen) atoms. The van der Waals surface area contributed by atoms with Gasteiger partial charge in [0.2, 0.25) is 0 Å². The van der Waals surface area contributed by atoms with E-state index >= 15 is 0 Å². The third-order valence-corrected chi connectivity index (χ3v) is 2.51. The van der Waals surface area contributed by atoms with Gasteiger partial charge in [0.25, 0.3) is 0 Å². The van der Waals surface area contributed by atoms with Gasteiger partial charge in [0.15, 0.2) is 0 Å². The van der Waals surface area contributed by atoms with E-state index in [0.717, 1.165) is 5.92 Å². The molecule has 0 aromatic rings. The predicted molar refractivity (Wildman–Crippen MR) is 62.3 cm³/mol. The van der Waals surface area contributed by atoms with Crippen LogP contribution in [0.5, 0.6) is 0 Å². The SMILES string of the molecule is C=O.CC(C)=CCCC1CC=CCC1. The summed E-state index contributed by atoms with van der Waals surface area (Å²) in [6.07, 6.45) is 13.7. The van der Waals surface area contributed by atoms with Gasteiger partial charge in [-0.15, -0.1) is 0 Å². The van der Waals surface area contributed by atoms with E-state index in [-0.39, 0.29) is 0 Å². The molecule has 0 N–H and O–H groups in total. The molecule has 0 radical (unpaired) electrons. The fourth-order valence-corrected chi connectivity index (χ4v) is 1.73. The first-order valence-corrected chi connectivity index (χ1v) is 5.36. The Hall–Kier alpha value is -0.850. The van der Waals surface area contributed by atoms with Crippen molar-refractivity contribution in [3.63, 3.8) is 0 Å². The summed E-state index contributed by atoms with van der Waals surface area (Å²) in [6, 6.07) is 0. The smallest absolute Gasteiger partial charge is 0.106 e. The first-order valence-electron chi connectivity index (χ1n) is 5.36. The molecule has 1 unspecified atom stereocenters. The van der Waals surface area contributed by atoms with Crippen LogP contribution < -0.4 is 0 Å². The number of hydrogen-bond donors (Lipinski definition) is 0. The summed E-state index contributed by atoms with van der Waals surface area (Å²) in [5.41, 5.74) is 1.46. The lowest BCUT2D eigenvalue weighted by Crippen LogP contribution is -2.01. The van der Waals surface area contributed by atoms with Crippen molar-refractivity contribution in [2.24, 2.45) is 5.92 Å². The van der Waals surface area contributed by atoms with Gasteiger partial charge < -0.3 is 4.79 Å². The standard InChI is InChI=1S/C12H20.CH2O/c1-11(2)7-6-10-12-8-4-3-5-9-12;1-2/h3-4,7,12H,5-6,8-10H2,1-2H3;1H2. The van der Waals surface area contributed by atoms with Crippen LogP contribution >= 0.6 is 0 Å². The molecular weight excluding hydrogens is 172 g/mol. The molecule has 0 aliphatic heterocycles. The maximum Gasteiger partial charge on any atom is 0.106 e. The molecule has 1 heteroatoms. The molecule has 0 aromatic carbocycles. The van der Waals surface area contributed by atoms with Gasteiger partial charge in [-0.05, 0) is 51.9 Å². The van der Waals surface area contributed by atoms with E-state index in [1.165, 1.54) is 37.7 Å². The van der Waals surface area contributed by atoms with Crippen LogP contribution in [-0.4, -0.2) is 6.79 Å². The van der Waals surface area contributed by atoms with Crippen LogP contribution in [-0.2, 0) is 4.79 Å². The van der Waals surface area contributed by atoms with Crippen molar-refractivity contribution in [3.05, 3.63) is 23.8 Å². The fourth-order valence-electron chi connectivity index (χ4n) is 1.73. The minimum Gasteiger partial charge on any atom is -0.307 e. The zero-order chi connectivity index (χ0) is 10.8. The average molecular weight is 194 g/mol. The molecule has 1 aliphatic rings. The summed E-state index contributed by atoms with van der Waals surface area (Å²) in [4.78, 5) is 8.00. The Morgan fingerprint density at radius 1 is 1.43 bits per heavy atom. The number of allylic oxidation sites excluding steroid dienone is 4. The van der Waals surface area contributed by atoms with Crippen molar-refractivity contribution in [2.45, 2.75) is 46.0 Å². The Kier molecular flexibility index (Phi) is 8.20. The Balaban J connectivity index is 0.000000791. The van der Waals surface area contributed by atoms with Crippen molar-refractivity contribution < 1.29 is 4.79 Å². The van der Waals surface area contributed by atoms with Crippen LogP contribution in [0.4, 0.5) is 0 Å². The first kappa shape index (κ1) is 13.2. The molecule has 1 rings (SSSR count). The summed E-state index contributed by atoms with van der Waals surface area (Å²) in [5, 5.41) is 0. The van der Waals surface area contributed by atoms with E-state index in [4.69, 9.17) is 4.79 Å². The maximum atomic E-state index is 8.00. The number of rotatable bonds is 3. The molecular formula is C13H22O. The minimum absolute atomic E-state index is 0.964. The van der Waals surface area contributed by atoms with Crippen LogP contribution in [0.3, 0.4) is 0 Å². The van der Waals surface area contributed by atoms with E-state index in [1.807, 2.05) is 6.79 Å². The Labute approximate surface area is 87.9 Å². The van der Waals surface area contributed by atoms with Crippen LogP contribution in [0.15, 0.2) is 23.8 Å². The molecule has 0 fully saturated rings. The normalized spacial score (nSPS) is 19.4. The van der Waals surface area contributed by atoms with E-state index < -0.39 is 0 Å². The quantitative estimate of drug-likeness (QED) is 0.623. The van der Waals surface area contributed by atoms with Crippen molar-refractivity contribution in [3.8, 4) is 0 Å². The highest BCUT2D eigenvalue weighted by molar-refractivity contribution is 5.11. The molecule has 0 heterocycles. The van der Waals surface area contributed by atoms with Crippen LogP contribution in [0.1, 0.15) is 46.0 Å². The topological polar surface area (TPSA) is 17.1 Å². The first-order chi connectivity index (χ1) is 6.79. The van der Waals surface area contributed by atoms with Gasteiger partial charge in [-0.25, -0.2) is 0 Å². The van der Waals surface area contributed by atoms with E-state index in [9.17, 15) is 0 Å². The molecule has 1 atom stereocenters. The molecule has 1 nitrogen and oxygen atoms in total. The van der Waals surface area contributed by atoms with Crippen molar-refractivity contribution in [2.75, 3.05) is 0 Å². The highest BCUT2D eigenvalue weighted by Gasteiger charge is 2.07. The lowest BCUT2D eigenvalue weighted by atomic mass is 9.90. The Bertz CT molecular complexity index is 187. The van der Waals surface area contributed by atoms with Gasteiger partial charge in [0.05, 0.1) is 0 Å². The van der Waals surface area contributed by atoms with Gasteiger partial charge >= 0.3 is 0 Å². The second-order valence-electron chi connectivity index (χ2n) is 4.01. The van der Waals surface area contributed by atoms with Crippen molar-refractivity contribution in [1.29, 1.82) is 0 Å². The maximum absolute atomic E-state index is 8.00. The highest BCUT2D eigenvalue weighted by Crippen LogP contribution is 2.22. The number of carbonyl (C=O) groups excluding carboxylic acids is 1. The molecule has 0 aromatic heterocycles. The third-order valence-electron chi connectivity index (χ3n) is 2.51. The molecule has 0 amide bonds. The molecule has 0 saturated carbocycles. The minimum atomic E-state index is 0.964. The molecule has 1 aliphatic carbocycles. The zero-order valence-corrected chi connectivity index (χ0v) is 9.46. The molecule has 0 spiro atoms. The van der Waals surface area contributed by atoms with Gasteiger partial charge in [-0.3, -0.25) is 0 Å². The summed E-state index contributed by atoms with van der Waals surface area (Å²) in [5.74, 6) is 0.964. The molecule has 0 saturated heterocycles. The van der Waals surface area contributed by atoms with Crippen LogP contribution in [0.25, 0.3) is 0 Å². The second-order valence-corrected chi connectivity index (χ2v) is 4.01. The summed E-state index contributed by atoms with van der Waals surface area (Å²) >= 11 is 0. The summed E-state index contributed by atoms with van der Waals surface area (Å²) in [7, 11) is 0. The van der Waals surface area contributed by atoms with E-state index in [0.29, 0.717) is 0 Å². The van der Waals surface area contributed by atoms with Gasteiger partial charge in [0.1, 0.15) is 6.79 Å². The lowest BCUT2D eigenvalue weighted by Gasteiger charge is -2.16. The summed E-state index contributed by atoms with van der Waals surface area (Å²) in [6.45, 7) is 6.36. The van der Waals surface area contributed by atoms with Crippen molar-refractivity contribution in [1.82, 2.24) is 0 Å².